The molecule has 1 unspecified atom stereocenters. The summed E-state index contributed by atoms with van der Waals surface area (Å²) in [6.45, 7) is 0. The molecule has 1 atom stereocenters. The molecule has 5 rings (SSSR count). The minimum atomic E-state index is -0.680. The van der Waals surface area contributed by atoms with Gasteiger partial charge in [-0.3, -0.25) is 10.1 Å². The normalized spacial score (nSPS) is 14.3. The highest BCUT2D eigenvalue weighted by Crippen LogP contribution is 2.39. The molecule has 0 aliphatic carbocycles. The summed E-state index contributed by atoms with van der Waals surface area (Å²) in [5, 5.41) is 23.7. The van der Waals surface area contributed by atoms with E-state index in [2.05, 4.69) is 20.5 Å². The van der Waals surface area contributed by atoms with E-state index in [1.807, 2.05) is 54.6 Å². The van der Waals surface area contributed by atoms with Gasteiger partial charge in [0, 0.05) is 34.7 Å². The van der Waals surface area contributed by atoms with Crippen molar-refractivity contribution in [3.63, 3.8) is 0 Å². The summed E-state index contributed by atoms with van der Waals surface area (Å²) in [6, 6.07) is 24.0. The number of para-hydroxylation sites is 1. The number of nitrogens with one attached hydrogen (secondary N) is 1. The molecule has 0 bridgehead atoms. The van der Waals surface area contributed by atoms with Gasteiger partial charge in [0.1, 0.15) is 0 Å². The Morgan fingerprint density at radius 2 is 1.81 bits per heavy atom. The molecule has 158 valence electrons. The lowest BCUT2D eigenvalue weighted by atomic mass is 10.1. The molecule has 4 aromatic rings. The summed E-state index contributed by atoms with van der Waals surface area (Å²) in [4.78, 5) is 15.4. The second kappa shape index (κ2) is 8.64. The quantitative estimate of drug-likeness (QED) is 0.254. The van der Waals surface area contributed by atoms with Crippen molar-refractivity contribution >= 4 is 23.1 Å². The molecule has 0 radical (unpaired) electrons. The highest BCUT2D eigenvalue weighted by atomic mass is 32.2. The first kappa shape index (κ1) is 20.0. The third-order valence-corrected chi connectivity index (χ3v) is 5.84. The van der Waals surface area contributed by atoms with Crippen LogP contribution >= 0.6 is 11.8 Å². The van der Waals surface area contributed by atoms with Gasteiger partial charge in [0.15, 0.2) is 11.9 Å². The van der Waals surface area contributed by atoms with Crippen molar-refractivity contribution in [3.05, 3.63) is 100 Å². The third kappa shape index (κ3) is 4.10. The van der Waals surface area contributed by atoms with Crippen LogP contribution in [0.1, 0.15) is 17.4 Å². The Labute approximate surface area is 187 Å². The number of anilines is 1. The number of nitro benzene ring substituents is 1. The average Bonchev–Trinajstić information content (AvgIpc) is 3.00. The SMILES string of the molecule is O=[N+]([O-])c1cccc(C2Nc3ccccc3-c3nnc(SCc4ccccc4)nc3O2)c1. The van der Waals surface area contributed by atoms with E-state index in [1.165, 1.54) is 23.9 Å². The Kier molecular flexibility index (Phi) is 5.39. The minimum Gasteiger partial charge on any atom is -0.448 e. The van der Waals surface area contributed by atoms with Crippen LogP contribution in [0.15, 0.2) is 84.0 Å². The first-order valence-corrected chi connectivity index (χ1v) is 10.8. The second-order valence-corrected chi connectivity index (χ2v) is 8.00. The first-order valence-electron chi connectivity index (χ1n) is 9.86. The van der Waals surface area contributed by atoms with Gasteiger partial charge in [0.05, 0.1) is 4.92 Å². The molecule has 3 aromatic carbocycles. The lowest BCUT2D eigenvalue weighted by molar-refractivity contribution is -0.385. The van der Waals surface area contributed by atoms with Gasteiger partial charge in [-0.05, 0) is 11.6 Å². The van der Waals surface area contributed by atoms with Gasteiger partial charge < -0.3 is 10.1 Å². The summed E-state index contributed by atoms with van der Waals surface area (Å²) in [6.07, 6.45) is -0.680. The number of benzene rings is 3. The molecule has 32 heavy (non-hydrogen) atoms. The molecule has 9 heteroatoms. The van der Waals surface area contributed by atoms with E-state index in [-0.39, 0.29) is 5.69 Å². The minimum absolute atomic E-state index is 0.00873. The number of nitro groups is 1. The average molecular weight is 443 g/mol. The predicted octanol–water partition coefficient (Wildman–Crippen LogP) is 5.24. The number of rotatable bonds is 5. The molecule has 0 amide bonds. The van der Waals surface area contributed by atoms with Crippen LogP contribution in [0, 0.1) is 10.1 Å². The van der Waals surface area contributed by atoms with Crippen molar-refractivity contribution in [2.24, 2.45) is 0 Å². The number of non-ortho nitro benzene ring substituents is 1. The van der Waals surface area contributed by atoms with Gasteiger partial charge in [-0.2, -0.15) is 4.98 Å². The highest BCUT2D eigenvalue weighted by molar-refractivity contribution is 7.98. The van der Waals surface area contributed by atoms with Crippen molar-refractivity contribution in [1.29, 1.82) is 0 Å². The van der Waals surface area contributed by atoms with E-state index in [0.29, 0.717) is 28.0 Å². The summed E-state index contributed by atoms with van der Waals surface area (Å²) in [5.74, 6) is 1.02. The van der Waals surface area contributed by atoms with Crippen LogP contribution in [0.25, 0.3) is 11.3 Å². The summed E-state index contributed by atoms with van der Waals surface area (Å²) in [5.41, 5.74) is 3.85. The zero-order chi connectivity index (χ0) is 21.9. The standard InChI is InChI=1S/C23H17N5O3S/c29-28(30)17-10-6-9-16(13-17)21-24-19-12-5-4-11-18(19)20-22(31-21)25-23(27-26-20)32-14-15-7-2-1-3-8-15/h1-13,21,24H,14H2. The fourth-order valence-electron chi connectivity index (χ4n) is 3.38. The van der Waals surface area contributed by atoms with E-state index in [0.717, 1.165) is 16.8 Å². The second-order valence-electron chi connectivity index (χ2n) is 7.06. The molecule has 2 heterocycles. The molecule has 1 aromatic heterocycles. The monoisotopic (exact) mass is 443 g/mol. The molecule has 0 saturated carbocycles. The summed E-state index contributed by atoms with van der Waals surface area (Å²) in [7, 11) is 0. The van der Waals surface area contributed by atoms with Crippen LogP contribution < -0.4 is 10.1 Å². The summed E-state index contributed by atoms with van der Waals surface area (Å²) >= 11 is 1.46. The fourth-order valence-corrected chi connectivity index (χ4v) is 4.12. The maximum atomic E-state index is 11.2. The predicted molar refractivity (Wildman–Crippen MR) is 121 cm³/mol. The van der Waals surface area contributed by atoms with Crippen molar-refractivity contribution in [1.82, 2.24) is 15.2 Å². The van der Waals surface area contributed by atoms with Gasteiger partial charge in [-0.1, -0.05) is 72.4 Å². The molecular weight excluding hydrogens is 426 g/mol. The zero-order valence-electron chi connectivity index (χ0n) is 16.7. The van der Waals surface area contributed by atoms with E-state index in [4.69, 9.17) is 4.74 Å². The Morgan fingerprint density at radius 1 is 1.00 bits per heavy atom. The maximum absolute atomic E-state index is 11.2. The zero-order valence-corrected chi connectivity index (χ0v) is 17.5. The highest BCUT2D eigenvalue weighted by Gasteiger charge is 2.26. The maximum Gasteiger partial charge on any atom is 0.269 e. The lowest BCUT2D eigenvalue weighted by Gasteiger charge is -2.19. The number of hydrogen-bond donors (Lipinski definition) is 1. The topological polar surface area (TPSA) is 103 Å². The molecular formula is C23H17N5O3S. The molecule has 0 spiro atoms. The lowest BCUT2D eigenvalue weighted by Crippen LogP contribution is -2.17. The molecule has 1 aliphatic heterocycles. The molecule has 0 fully saturated rings. The number of hydrogen-bond acceptors (Lipinski definition) is 8. The van der Waals surface area contributed by atoms with Crippen molar-refractivity contribution in [3.8, 4) is 17.1 Å². The molecule has 0 saturated heterocycles. The van der Waals surface area contributed by atoms with Crippen LogP contribution in [0.2, 0.25) is 0 Å². The van der Waals surface area contributed by atoms with Crippen molar-refractivity contribution in [2.75, 3.05) is 5.32 Å². The van der Waals surface area contributed by atoms with E-state index in [1.54, 1.807) is 12.1 Å². The van der Waals surface area contributed by atoms with Gasteiger partial charge >= 0.3 is 0 Å². The van der Waals surface area contributed by atoms with E-state index in [9.17, 15) is 10.1 Å². The largest absolute Gasteiger partial charge is 0.448 e. The van der Waals surface area contributed by atoms with Crippen molar-refractivity contribution in [2.45, 2.75) is 17.1 Å². The van der Waals surface area contributed by atoms with Crippen LogP contribution in [-0.4, -0.2) is 20.1 Å². The number of thioether (sulfide) groups is 1. The Balaban J connectivity index is 1.51. The van der Waals surface area contributed by atoms with Crippen LogP contribution in [0.3, 0.4) is 0 Å². The van der Waals surface area contributed by atoms with E-state index < -0.39 is 11.2 Å². The summed E-state index contributed by atoms with van der Waals surface area (Å²) < 4.78 is 6.19. The van der Waals surface area contributed by atoms with Crippen LogP contribution in [0.5, 0.6) is 5.88 Å². The number of nitrogens with zero attached hydrogens (tertiary/aromatic N) is 4. The smallest absolute Gasteiger partial charge is 0.269 e. The van der Waals surface area contributed by atoms with Crippen LogP contribution in [0.4, 0.5) is 11.4 Å². The fraction of sp³-hybridized carbons (Fsp3) is 0.0870. The molecule has 1 aliphatic rings. The van der Waals surface area contributed by atoms with Gasteiger partial charge in [0.25, 0.3) is 5.69 Å². The van der Waals surface area contributed by atoms with Crippen molar-refractivity contribution < 1.29 is 9.66 Å². The molecule has 1 N–H and O–H groups in total. The first-order chi connectivity index (χ1) is 15.7. The Bertz CT molecular complexity index is 1290. The number of ether oxygens (including phenoxy) is 1. The third-order valence-electron chi connectivity index (χ3n) is 4.93. The van der Waals surface area contributed by atoms with Gasteiger partial charge in [0.2, 0.25) is 11.0 Å². The van der Waals surface area contributed by atoms with Gasteiger partial charge in [-0.25, -0.2) is 0 Å². The van der Waals surface area contributed by atoms with Gasteiger partial charge in [-0.15, -0.1) is 10.2 Å². The van der Waals surface area contributed by atoms with Crippen LogP contribution in [-0.2, 0) is 5.75 Å². The molecule has 8 nitrogen and oxygen atoms in total. The number of aromatic nitrogens is 3. The Hall–Kier alpha value is -3.98. The number of fused-ring (bicyclic) bond motifs is 3. The Morgan fingerprint density at radius 3 is 2.66 bits per heavy atom. The van der Waals surface area contributed by atoms with E-state index >= 15 is 0 Å².